The first-order valence-electron chi connectivity index (χ1n) is 14.6. The van der Waals surface area contributed by atoms with Crippen molar-refractivity contribution in [1.82, 2.24) is 19.5 Å². The normalized spacial score (nSPS) is 13.2. The number of carbonyl (C=O) groups is 2. The number of H-pyrrole nitrogens is 1. The van der Waals surface area contributed by atoms with Crippen LogP contribution >= 0.6 is 0 Å². The Balaban J connectivity index is 1.98. The van der Waals surface area contributed by atoms with Crippen molar-refractivity contribution in [2.24, 2.45) is 7.05 Å². The van der Waals surface area contributed by atoms with E-state index in [-0.39, 0.29) is 12.8 Å². The third-order valence-electron chi connectivity index (χ3n) is 8.85. The van der Waals surface area contributed by atoms with Gasteiger partial charge in [0.25, 0.3) is 0 Å². The van der Waals surface area contributed by atoms with Gasteiger partial charge in [-0.25, -0.2) is 9.97 Å². The molecule has 0 saturated carbocycles. The van der Waals surface area contributed by atoms with E-state index in [1.165, 1.54) is 0 Å². The number of hydrogen-bond acceptors (Lipinski definition) is 4. The zero-order valence-electron chi connectivity index (χ0n) is 25.7. The van der Waals surface area contributed by atoms with Gasteiger partial charge in [-0.2, -0.15) is 0 Å². The van der Waals surface area contributed by atoms with Gasteiger partial charge in [-0.15, -0.1) is 0 Å². The summed E-state index contributed by atoms with van der Waals surface area (Å²) in [6, 6.07) is 8.17. The van der Waals surface area contributed by atoms with Crippen LogP contribution in [-0.4, -0.2) is 41.7 Å². The van der Waals surface area contributed by atoms with E-state index in [0.717, 1.165) is 90.1 Å². The van der Waals surface area contributed by atoms with E-state index in [9.17, 15) is 19.8 Å². The van der Waals surface area contributed by atoms with Gasteiger partial charge >= 0.3 is 11.9 Å². The van der Waals surface area contributed by atoms with Crippen LogP contribution in [0.3, 0.4) is 0 Å². The number of aromatic nitrogens is 4. The summed E-state index contributed by atoms with van der Waals surface area (Å²) < 4.78 is 2.08. The molecule has 0 aliphatic carbocycles. The SMILES string of the molecule is C=Cc1c(C)c2cc3nc(cc4c(CCC(=O)O)c(C)c(cc5nc(cc1[nH]2)C(C)=C5CC)n4C)C(CCC(=O)O)=C3C. The minimum Gasteiger partial charge on any atom is -0.481 e. The zero-order chi connectivity index (χ0) is 31.2. The quantitative estimate of drug-likeness (QED) is 0.251. The van der Waals surface area contributed by atoms with E-state index >= 15 is 0 Å². The molecule has 5 heterocycles. The number of aromatic amines is 1. The van der Waals surface area contributed by atoms with Crippen molar-refractivity contribution < 1.29 is 19.8 Å². The predicted molar refractivity (Wildman–Crippen MR) is 173 cm³/mol. The highest BCUT2D eigenvalue weighted by Gasteiger charge is 2.22. The first kappa shape index (κ1) is 29.8. The van der Waals surface area contributed by atoms with Gasteiger partial charge in [-0.05, 0) is 110 Å². The molecule has 8 bridgehead atoms. The molecule has 2 aliphatic rings. The molecule has 222 valence electrons. The number of carboxylic acid groups (broad SMARTS) is 2. The Morgan fingerprint density at radius 3 is 1.98 bits per heavy atom. The molecule has 0 fully saturated rings. The topological polar surface area (TPSA) is 121 Å². The molecule has 8 heteroatoms. The largest absolute Gasteiger partial charge is 0.481 e. The van der Waals surface area contributed by atoms with Crippen LogP contribution in [0, 0.1) is 13.8 Å². The van der Waals surface area contributed by atoms with Crippen molar-refractivity contribution in [2.45, 2.75) is 66.7 Å². The summed E-state index contributed by atoms with van der Waals surface area (Å²) in [7, 11) is 1.98. The van der Waals surface area contributed by atoms with Crippen LogP contribution in [-0.2, 0) is 23.1 Å². The van der Waals surface area contributed by atoms with E-state index in [1.54, 1.807) is 0 Å². The lowest BCUT2D eigenvalue weighted by Crippen LogP contribution is -1.98. The molecule has 0 atom stereocenters. The fourth-order valence-electron chi connectivity index (χ4n) is 6.34. The van der Waals surface area contributed by atoms with Crippen molar-refractivity contribution in [3.05, 3.63) is 75.9 Å². The number of rotatable bonds is 8. The molecule has 0 aromatic carbocycles. The van der Waals surface area contributed by atoms with E-state index in [1.807, 2.05) is 46.0 Å². The fraction of sp³-hybridized carbons (Fsp3) is 0.314. The number of fused-ring (bicyclic) bond motifs is 8. The van der Waals surface area contributed by atoms with Crippen LogP contribution in [0.1, 0.15) is 91.5 Å². The van der Waals surface area contributed by atoms with E-state index in [4.69, 9.17) is 9.97 Å². The second-order valence-corrected chi connectivity index (χ2v) is 11.3. The Morgan fingerprint density at radius 1 is 0.814 bits per heavy atom. The van der Waals surface area contributed by atoms with Gasteiger partial charge in [0.2, 0.25) is 0 Å². The summed E-state index contributed by atoms with van der Waals surface area (Å²) in [6.07, 6.45) is 3.34. The third kappa shape index (κ3) is 5.33. The van der Waals surface area contributed by atoms with Crippen LogP contribution < -0.4 is 0 Å². The smallest absolute Gasteiger partial charge is 0.303 e. The predicted octanol–water partition coefficient (Wildman–Crippen LogP) is 7.74. The number of hydrogen-bond donors (Lipinski definition) is 3. The zero-order valence-corrected chi connectivity index (χ0v) is 25.7. The number of allylic oxidation sites excluding steroid dienone is 4. The lowest BCUT2D eigenvalue weighted by atomic mass is 10.00. The average Bonchev–Trinajstić information content (AvgIpc) is 3.59. The molecule has 0 amide bonds. The number of nitrogens with one attached hydrogen (secondary N) is 1. The fourth-order valence-corrected chi connectivity index (χ4v) is 6.34. The van der Waals surface area contributed by atoms with Gasteiger partial charge in [0.15, 0.2) is 0 Å². The number of carboxylic acids is 2. The molecule has 43 heavy (non-hydrogen) atoms. The maximum atomic E-state index is 11.6. The summed E-state index contributed by atoms with van der Waals surface area (Å²) in [5, 5.41) is 19.0. The van der Waals surface area contributed by atoms with Gasteiger partial charge < -0.3 is 19.8 Å². The second-order valence-electron chi connectivity index (χ2n) is 11.3. The van der Waals surface area contributed by atoms with Crippen molar-refractivity contribution in [3.63, 3.8) is 0 Å². The van der Waals surface area contributed by atoms with Gasteiger partial charge in [0, 0.05) is 47.5 Å². The minimum atomic E-state index is -0.872. The number of nitrogens with zero attached hydrogens (tertiary/aromatic N) is 3. The molecule has 0 spiro atoms. The third-order valence-corrected chi connectivity index (χ3v) is 8.85. The standard InChI is InChI=1S/C35H38N4O4/c1-8-22-18(3)26-14-27-20(5)24(10-12-34(40)41)31(38-27)17-33-25(11-13-35(42)43)21(6)32(39(33)7)16-30-23(9-2)19(4)28(37-30)15-29(22)36-26/h8,14-17,36H,1,9-13H2,2-7H3,(H,40,41)(H,42,43). The second kappa shape index (κ2) is 11.5. The van der Waals surface area contributed by atoms with E-state index < -0.39 is 11.9 Å². The van der Waals surface area contributed by atoms with Crippen LogP contribution in [0.25, 0.3) is 50.4 Å². The van der Waals surface area contributed by atoms with Crippen LogP contribution in [0.4, 0.5) is 0 Å². The van der Waals surface area contributed by atoms with E-state index in [0.29, 0.717) is 18.5 Å². The van der Waals surface area contributed by atoms with Gasteiger partial charge in [-0.3, -0.25) is 9.59 Å². The monoisotopic (exact) mass is 578 g/mol. The summed E-state index contributed by atoms with van der Waals surface area (Å²) in [5.74, 6) is -1.73. The number of aryl methyl sites for hydroxylation is 4. The van der Waals surface area contributed by atoms with Gasteiger partial charge in [0.05, 0.1) is 22.8 Å². The molecular formula is C35H38N4O4. The lowest BCUT2D eigenvalue weighted by Gasteiger charge is -2.04. The lowest BCUT2D eigenvalue weighted by molar-refractivity contribution is -0.137. The Labute approximate surface area is 251 Å². The molecule has 0 radical (unpaired) electrons. The highest BCUT2D eigenvalue weighted by Crippen LogP contribution is 2.37. The Bertz CT molecular complexity index is 1930. The summed E-state index contributed by atoms with van der Waals surface area (Å²) >= 11 is 0. The maximum absolute atomic E-state index is 11.6. The minimum absolute atomic E-state index is 0.00357. The van der Waals surface area contributed by atoms with Crippen LogP contribution in [0.2, 0.25) is 0 Å². The molecule has 5 rings (SSSR count). The van der Waals surface area contributed by atoms with Crippen LogP contribution in [0.15, 0.2) is 30.8 Å². The van der Waals surface area contributed by atoms with Crippen molar-refractivity contribution >= 4 is 62.4 Å². The van der Waals surface area contributed by atoms with Gasteiger partial charge in [0.1, 0.15) is 0 Å². The summed E-state index contributed by atoms with van der Waals surface area (Å²) in [6.45, 7) is 14.4. The molecule has 3 N–H and O–H groups in total. The summed E-state index contributed by atoms with van der Waals surface area (Å²) in [4.78, 5) is 36.9. The number of aliphatic carboxylic acids is 2. The summed E-state index contributed by atoms with van der Waals surface area (Å²) in [5.41, 5.74) is 14.9. The molecule has 0 unspecified atom stereocenters. The van der Waals surface area contributed by atoms with Crippen molar-refractivity contribution in [2.75, 3.05) is 0 Å². The molecule has 0 saturated heterocycles. The van der Waals surface area contributed by atoms with Crippen molar-refractivity contribution in [3.8, 4) is 0 Å². The molecular weight excluding hydrogens is 540 g/mol. The first-order valence-corrected chi connectivity index (χ1v) is 14.6. The van der Waals surface area contributed by atoms with Crippen LogP contribution in [0.5, 0.6) is 0 Å². The highest BCUT2D eigenvalue weighted by atomic mass is 16.4. The first-order chi connectivity index (χ1) is 20.4. The Morgan fingerprint density at radius 2 is 1.37 bits per heavy atom. The average molecular weight is 579 g/mol. The molecule has 2 aliphatic heterocycles. The van der Waals surface area contributed by atoms with Gasteiger partial charge in [-0.1, -0.05) is 19.6 Å². The van der Waals surface area contributed by atoms with Crippen molar-refractivity contribution in [1.29, 1.82) is 0 Å². The van der Waals surface area contributed by atoms with E-state index in [2.05, 4.69) is 42.1 Å². The molecule has 3 aromatic rings. The molecule has 3 aromatic heterocycles. The molecule has 8 nitrogen and oxygen atoms in total. The Kier molecular flexibility index (Phi) is 7.97. The highest BCUT2D eigenvalue weighted by molar-refractivity contribution is 5.96. The Hall–Kier alpha value is -4.72. The maximum Gasteiger partial charge on any atom is 0.303 e.